The van der Waals surface area contributed by atoms with E-state index < -0.39 is 0 Å². The van der Waals surface area contributed by atoms with Crippen LogP contribution in [-0.4, -0.2) is 0 Å². The molecule has 0 amide bonds. The smallest absolute Gasteiger partial charge is 0.0253 e. The Morgan fingerprint density at radius 1 is 1.57 bits per heavy atom. The topological polar surface area (TPSA) is 0 Å². The maximum atomic E-state index is 2.20. The quantitative estimate of drug-likeness (QED) is 0.375. The van der Waals surface area contributed by atoms with Crippen LogP contribution in [0.3, 0.4) is 0 Å². The van der Waals surface area contributed by atoms with Gasteiger partial charge in [0.2, 0.25) is 4.88 Å². The Morgan fingerprint density at radius 3 is 2.43 bits per heavy atom. The lowest BCUT2D eigenvalue weighted by molar-refractivity contribution is 1.56. The summed E-state index contributed by atoms with van der Waals surface area (Å²) in [5.41, 5.74) is 0. The molecule has 38 valence electrons. The Morgan fingerprint density at radius 2 is 2.29 bits per heavy atom. The monoisotopic (exact) mass is 131 g/mol. The minimum Gasteiger partial charge on any atom is -0.0253 e. The first-order chi connectivity index (χ1) is 3.29. The molecule has 1 rings (SSSR count). The largest absolute Gasteiger partial charge is 0.294 e. The highest BCUT2D eigenvalue weighted by Gasteiger charge is 2.01. The molecule has 0 aliphatic carbocycles. The second-order valence-electron chi connectivity index (χ2n) is 1.53. The molecule has 0 atom stereocenters. The summed E-state index contributed by atoms with van der Waals surface area (Å²) in [6.45, 7) is 4.27. The Labute approximate surface area is 50.8 Å². The molecule has 0 aliphatic rings. The van der Waals surface area contributed by atoms with Crippen LogP contribution in [0.15, 0.2) is 6.07 Å². The Bertz CT molecular complexity index is 138. The average molecular weight is 131 g/mol. The van der Waals surface area contributed by atoms with E-state index in [-0.39, 0.29) is 0 Å². The van der Waals surface area contributed by atoms with Crippen LogP contribution in [0.4, 0.5) is 0 Å². The Balaban J connectivity index is 3.04. The van der Waals surface area contributed by atoms with Gasteiger partial charge in [0, 0.05) is 13.0 Å². The van der Waals surface area contributed by atoms with Gasteiger partial charge >= 0.3 is 0 Å². The molecule has 0 aromatic carbocycles. The van der Waals surface area contributed by atoms with Crippen LogP contribution in [0.2, 0.25) is 0 Å². The van der Waals surface area contributed by atoms with Crippen molar-refractivity contribution in [1.82, 2.24) is 0 Å². The minimum absolute atomic E-state index is 1.42. The van der Waals surface area contributed by atoms with Gasteiger partial charge in [0.05, 0.1) is 4.88 Å². The van der Waals surface area contributed by atoms with E-state index in [1.165, 1.54) is 9.75 Å². The Hall–Kier alpha value is 0.0500. The maximum Gasteiger partial charge on any atom is 0.294 e. The van der Waals surface area contributed by atoms with Crippen LogP contribution in [0.1, 0.15) is 9.75 Å². The van der Waals surface area contributed by atoms with Gasteiger partial charge in [-0.05, 0) is 6.92 Å². The van der Waals surface area contributed by atoms with Crippen LogP contribution >= 0.6 is 20.7 Å². The van der Waals surface area contributed by atoms with E-state index in [4.69, 9.17) is 0 Å². The number of hydrogen-bond acceptors (Lipinski definition) is 1. The number of rotatable bonds is 0. The fourth-order valence-electron chi connectivity index (χ4n) is 0.466. The molecule has 0 aliphatic heterocycles. The highest BCUT2D eigenvalue weighted by atomic mass is 32.9. The van der Waals surface area contributed by atoms with Crippen molar-refractivity contribution >= 4 is 20.7 Å². The van der Waals surface area contributed by atoms with Crippen LogP contribution in [0, 0.1) is 13.8 Å². The maximum absolute atomic E-state index is 2.20. The summed E-state index contributed by atoms with van der Waals surface area (Å²) in [6.07, 6.45) is 0. The molecule has 0 radical (unpaired) electrons. The van der Waals surface area contributed by atoms with Gasteiger partial charge in [-0.15, -0.1) is 0 Å². The predicted molar refractivity (Wildman–Crippen MR) is 36.1 cm³/mol. The van der Waals surface area contributed by atoms with E-state index in [2.05, 4.69) is 19.9 Å². The minimum atomic E-state index is 1.42. The first-order valence-corrected chi connectivity index (χ1v) is 4.30. The zero-order chi connectivity index (χ0) is 5.28. The van der Waals surface area contributed by atoms with Gasteiger partial charge in [0.1, 0.15) is 0 Å². The molecule has 1 aromatic rings. The highest BCUT2D eigenvalue weighted by molar-refractivity contribution is 7.69. The standard InChI is InChI=1S/C5H7S2/c1-4-3-5(2)7-6-4/h3H,1-2H3/q+1. The van der Waals surface area contributed by atoms with E-state index >= 15 is 0 Å². The zero-order valence-corrected chi connectivity index (χ0v) is 6.03. The molecule has 0 saturated carbocycles. The van der Waals surface area contributed by atoms with Crippen LogP contribution in [0.5, 0.6) is 0 Å². The van der Waals surface area contributed by atoms with Crippen molar-refractivity contribution in [2.24, 2.45) is 0 Å². The lowest BCUT2D eigenvalue weighted by Gasteiger charge is -1.59. The molecule has 1 aromatic heterocycles. The number of aryl methyl sites for hydroxylation is 2. The second-order valence-corrected chi connectivity index (χ2v) is 4.15. The molecule has 2 heteroatoms. The summed E-state index contributed by atoms with van der Waals surface area (Å²) in [5.74, 6) is 0. The second kappa shape index (κ2) is 1.88. The van der Waals surface area contributed by atoms with Gasteiger partial charge in [0.25, 0.3) is 10.3 Å². The lowest BCUT2D eigenvalue weighted by atomic mass is 10.5. The molecule has 0 unspecified atom stereocenters. The van der Waals surface area contributed by atoms with Crippen LogP contribution in [-0.2, 0) is 0 Å². The third kappa shape index (κ3) is 1.21. The SMILES string of the molecule is Cc1cc(C)[s+]s1. The summed E-state index contributed by atoms with van der Waals surface area (Å²) < 4.78 is 0. The van der Waals surface area contributed by atoms with Crippen LogP contribution < -0.4 is 0 Å². The predicted octanol–water partition coefficient (Wildman–Crippen LogP) is 2.71. The van der Waals surface area contributed by atoms with Gasteiger partial charge in [0.15, 0.2) is 10.3 Å². The van der Waals surface area contributed by atoms with E-state index in [0.717, 1.165) is 0 Å². The van der Waals surface area contributed by atoms with Crippen molar-refractivity contribution in [2.45, 2.75) is 13.8 Å². The third-order valence-corrected chi connectivity index (χ3v) is 3.38. The summed E-state index contributed by atoms with van der Waals surface area (Å²) in [5, 5.41) is 0. The van der Waals surface area contributed by atoms with Crippen molar-refractivity contribution < 1.29 is 0 Å². The molecule has 1 heterocycles. The van der Waals surface area contributed by atoms with Crippen molar-refractivity contribution in [3.05, 3.63) is 15.8 Å². The molecule has 0 spiro atoms. The van der Waals surface area contributed by atoms with E-state index in [1.807, 2.05) is 20.7 Å². The van der Waals surface area contributed by atoms with Crippen LogP contribution in [0.25, 0.3) is 0 Å². The molecule has 0 saturated heterocycles. The fourth-order valence-corrected chi connectivity index (χ4v) is 2.33. The first-order valence-electron chi connectivity index (χ1n) is 2.15. The molecule has 0 bridgehead atoms. The van der Waals surface area contributed by atoms with Gasteiger partial charge in [-0.1, -0.05) is 0 Å². The van der Waals surface area contributed by atoms with E-state index in [0.29, 0.717) is 0 Å². The van der Waals surface area contributed by atoms with Gasteiger partial charge < -0.3 is 0 Å². The van der Waals surface area contributed by atoms with Crippen molar-refractivity contribution in [1.29, 1.82) is 0 Å². The zero-order valence-electron chi connectivity index (χ0n) is 4.39. The normalized spacial score (nSPS) is 9.43. The van der Waals surface area contributed by atoms with Crippen molar-refractivity contribution in [3.8, 4) is 0 Å². The average Bonchev–Trinajstić information content (AvgIpc) is 1.87. The third-order valence-electron chi connectivity index (χ3n) is 0.711. The molecule has 0 N–H and O–H groups in total. The Kier molecular flexibility index (Phi) is 1.40. The fraction of sp³-hybridized carbons (Fsp3) is 0.400. The van der Waals surface area contributed by atoms with Crippen molar-refractivity contribution in [2.75, 3.05) is 0 Å². The van der Waals surface area contributed by atoms with Gasteiger partial charge in [-0.25, -0.2) is 0 Å². The summed E-state index contributed by atoms with van der Waals surface area (Å²) in [4.78, 5) is 2.84. The molecule has 7 heavy (non-hydrogen) atoms. The van der Waals surface area contributed by atoms with Gasteiger partial charge in [-0.3, -0.25) is 0 Å². The van der Waals surface area contributed by atoms with E-state index in [9.17, 15) is 0 Å². The van der Waals surface area contributed by atoms with Gasteiger partial charge in [-0.2, -0.15) is 0 Å². The molecular weight excluding hydrogens is 124 g/mol. The first kappa shape index (κ1) is 5.19. The highest BCUT2D eigenvalue weighted by Crippen LogP contribution is 2.18. The molecule has 0 nitrogen and oxygen atoms in total. The summed E-state index contributed by atoms with van der Waals surface area (Å²) in [7, 11) is 3.69. The van der Waals surface area contributed by atoms with E-state index in [1.54, 1.807) is 0 Å². The lowest BCUT2D eigenvalue weighted by Crippen LogP contribution is -1.51. The van der Waals surface area contributed by atoms with Crippen molar-refractivity contribution in [3.63, 3.8) is 0 Å². The number of hydrogen-bond donors (Lipinski definition) is 0. The molecule has 0 fully saturated rings. The summed E-state index contributed by atoms with van der Waals surface area (Å²) in [6, 6.07) is 2.20. The summed E-state index contributed by atoms with van der Waals surface area (Å²) >= 11 is 0. The molecular formula is C5H7S2+.